The molecule has 0 heterocycles. The van der Waals surface area contributed by atoms with Crippen LogP contribution in [0.15, 0.2) is 30.8 Å². The third-order valence-corrected chi connectivity index (χ3v) is 2.81. The molecule has 0 fully saturated rings. The predicted molar refractivity (Wildman–Crippen MR) is 63.4 cm³/mol. The molecule has 0 aliphatic rings. The quantitative estimate of drug-likeness (QED) is 0.755. The lowest BCUT2D eigenvalue weighted by molar-refractivity contribution is -0.109. The molecule has 2 heteroatoms. The second-order valence-electron chi connectivity index (χ2n) is 3.25. The topological polar surface area (TPSA) is 17.1 Å². The van der Waals surface area contributed by atoms with E-state index in [1.165, 1.54) is 17.3 Å². The van der Waals surface area contributed by atoms with E-state index in [-0.39, 0.29) is 5.12 Å². The molecule has 0 N–H and O–H groups in total. The van der Waals surface area contributed by atoms with Crippen LogP contribution in [0.2, 0.25) is 0 Å². The second kappa shape index (κ2) is 5.01. The number of aryl methyl sites for hydroxylation is 1. The Balaban J connectivity index is 2.61. The average Bonchev–Trinajstić information content (AvgIpc) is 2.15. The average molecular weight is 206 g/mol. The maximum Gasteiger partial charge on any atom is 0.186 e. The molecule has 0 aliphatic heterocycles. The fraction of sp³-hybridized carbons (Fsp3) is 0.250. The third kappa shape index (κ3) is 3.38. The SMILES string of the molecule is C=C(CSC(C)=O)c1ccc(C)cc1. The minimum atomic E-state index is 0.137. The summed E-state index contributed by atoms with van der Waals surface area (Å²) in [6.45, 7) is 7.58. The lowest BCUT2D eigenvalue weighted by Gasteiger charge is -2.04. The molecule has 0 unspecified atom stereocenters. The largest absolute Gasteiger partial charge is 0.288 e. The van der Waals surface area contributed by atoms with Gasteiger partial charge in [0.25, 0.3) is 0 Å². The van der Waals surface area contributed by atoms with Gasteiger partial charge in [-0.15, -0.1) is 0 Å². The summed E-state index contributed by atoms with van der Waals surface area (Å²) >= 11 is 1.30. The first-order valence-corrected chi connectivity index (χ1v) is 5.46. The molecule has 0 bridgehead atoms. The highest BCUT2D eigenvalue weighted by atomic mass is 32.2. The van der Waals surface area contributed by atoms with Gasteiger partial charge in [0.15, 0.2) is 5.12 Å². The van der Waals surface area contributed by atoms with Crippen molar-refractivity contribution in [3.05, 3.63) is 42.0 Å². The van der Waals surface area contributed by atoms with Crippen LogP contribution in [0.3, 0.4) is 0 Å². The Kier molecular flexibility index (Phi) is 3.96. The first kappa shape index (κ1) is 11.1. The number of hydrogen-bond donors (Lipinski definition) is 0. The molecule has 14 heavy (non-hydrogen) atoms. The van der Waals surface area contributed by atoms with Crippen molar-refractivity contribution in [1.29, 1.82) is 0 Å². The number of carbonyl (C=O) groups excluding carboxylic acids is 1. The van der Waals surface area contributed by atoms with Crippen LogP contribution in [-0.2, 0) is 4.79 Å². The highest BCUT2D eigenvalue weighted by molar-refractivity contribution is 8.13. The van der Waals surface area contributed by atoms with E-state index in [0.717, 1.165) is 11.1 Å². The number of rotatable bonds is 3. The van der Waals surface area contributed by atoms with Gasteiger partial charge in [0.2, 0.25) is 0 Å². The van der Waals surface area contributed by atoms with E-state index in [4.69, 9.17) is 0 Å². The van der Waals surface area contributed by atoms with Gasteiger partial charge >= 0.3 is 0 Å². The zero-order valence-corrected chi connectivity index (χ0v) is 9.36. The van der Waals surface area contributed by atoms with Gasteiger partial charge in [-0.05, 0) is 18.1 Å². The fourth-order valence-electron chi connectivity index (χ4n) is 1.06. The highest BCUT2D eigenvalue weighted by Crippen LogP contribution is 2.18. The van der Waals surface area contributed by atoms with Gasteiger partial charge in [0, 0.05) is 12.7 Å². The molecule has 0 aliphatic carbocycles. The van der Waals surface area contributed by atoms with Gasteiger partial charge < -0.3 is 0 Å². The van der Waals surface area contributed by atoms with E-state index in [1.807, 2.05) is 12.1 Å². The van der Waals surface area contributed by atoms with Crippen LogP contribution in [-0.4, -0.2) is 10.9 Å². The summed E-state index contributed by atoms with van der Waals surface area (Å²) in [7, 11) is 0. The summed E-state index contributed by atoms with van der Waals surface area (Å²) < 4.78 is 0. The van der Waals surface area contributed by atoms with Crippen LogP contribution in [0.4, 0.5) is 0 Å². The molecule has 0 atom stereocenters. The Morgan fingerprint density at radius 2 is 1.93 bits per heavy atom. The second-order valence-corrected chi connectivity index (χ2v) is 4.40. The highest BCUT2D eigenvalue weighted by Gasteiger charge is 2.00. The minimum absolute atomic E-state index is 0.137. The van der Waals surface area contributed by atoms with E-state index in [9.17, 15) is 4.79 Å². The molecule has 1 aromatic carbocycles. The number of hydrogen-bond acceptors (Lipinski definition) is 2. The first-order valence-electron chi connectivity index (χ1n) is 4.48. The van der Waals surface area contributed by atoms with Crippen molar-refractivity contribution in [1.82, 2.24) is 0 Å². The molecule has 1 nitrogen and oxygen atoms in total. The van der Waals surface area contributed by atoms with Gasteiger partial charge in [-0.2, -0.15) is 0 Å². The predicted octanol–water partition coefficient (Wildman–Crippen LogP) is 3.29. The van der Waals surface area contributed by atoms with E-state index in [0.29, 0.717) is 5.75 Å². The van der Waals surface area contributed by atoms with Crippen LogP contribution < -0.4 is 0 Å². The maximum absolute atomic E-state index is 10.8. The molecule has 0 spiro atoms. The minimum Gasteiger partial charge on any atom is -0.288 e. The standard InChI is InChI=1S/C12H14OS/c1-9-4-6-12(7-5-9)10(2)8-14-11(3)13/h4-7H,2,8H2,1,3H3. The van der Waals surface area contributed by atoms with Crippen molar-refractivity contribution in [3.63, 3.8) is 0 Å². The Labute approximate surface area is 89.2 Å². The zero-order chi connectivity index (χ0) is 10.6. The Morgan fingerprint density at radius 3 is 2.43 bits per heavy atom. The molecule has 0 saturated carbocycles. The third-order valence-electron chi connectivity index (χ3n) is 1.91. The molecular formula is C12H14OS. The summed E-state index contributed by atoms with van der Waals surface area (Å²) in [6, 6.07) is 8.19. The Hall–Kier alpha value is -1.02. The molecule has 0 radical (unpaired) electrons. The van der Waals surface area contributed by atoms with Crippen LogP contribution >= 0.6 is 11.8 Å². The summed E-state index contributed by atoms with van der Waals surface area (Å²) in [6.07, 6.45) is 0. The molecule has 0 amide bonds. The van der Waals surface area contributed by atoms with Crippen LogP contribution in [0, 0.1) is 6.92 Å². The maximum atomic E-state index is 10.8. The van der Waals surface area contributed by atoms with E-state index < -0.39 is 0 Å². The van der Waals surface area contributed by atoms with Crippen molar-refractivity contribution < 1.29 is 4.79 Å². The van der Waals surface area contributed by atoms with Gasteiger partial charge in [0.05, 0.1) is 0 Å². The summed E-state index contributed by atoms with van der Waals surface area (Å²) in [4.78, 5) is 10.8. The lowest BCUT2D eigenvalue weighted by atomic mass is 10.1. The molecular weight excluding hydrogens is 192 g/mol. The van der Waals surface area contributed by atoms with Crippen molar-refractivity contribution in [2.24, 2.45) is 0 Å². The smallest absolute Gasteiger partial charge is 0.186 e. The van der Waals surface area contributed by atoms with Crippen molar-refractivity contribution in [2.75, 3.05) is 5.75 Å². The Bertz CT molecular complexity index is 338. The molecule has 1 rings (SSSR count). The fourth-order valence-corrected chi connectivity index (χ4v) is 1.61. The molecule has 0 saturated heterocycles. The summed E-state index contributed by atoms with van der Waals surface area (Å²) in [5.74, 6) is 0.679. The van der Waals surface area contributed by atoms with Gasteiger partial charge in [-0.3, -0.25) is 4.79 Å². The van der Waals surface area contributed by atoms with Crippen molar-refractivity contribution >= 4 is 22.5 Å². The lowest BCUT2D eigenvalue weighted by Crippen LogP contribution is -1.90. The van der Waals surface area contributed by atoms with E-state index in [1.54, 1.807) is 6.92 Å². The monoisotopic (exact) mass is 206 g/mol. The Morgan fingerprint density at radius 1 is 1.36 bits per heavy atom. The van der Waals surface area contributed by atoms with Crippen LogP contribution in [0.25, 0.3) is 5.57 Å². The molecule has 74 valence electrons. The summed E-state index contributed by atoms with van der Waals surface area (Å²) in [5, 5.41) is 0.137. The van der Waals surface area contributed by atoms with Crippen LogP contribution in [0.1, 0.15) is 18.1 Å². The first-order chi connectivity index (χ1) is 6.59. The normalized spacial score (nSPS) is 9.86. The van der Waals surface area contributed by atoms with Crippen molar-refractivity contribution in [2.45, 2.75) is 13.8 Å². The molecule has 1 aromatic rings. The number of carbonyl (C=O) groups is 1. The zero-order valence-electron chi connectivity index (χ0n) is 8.54. The van der Waals surface area contributed by atoms with Gasteiger partial charge in [-0.1, -0.05) is 48.2 Å². The van der Waals surface area contributed by atoms with E-state index >= 15 is 0 Å². The number of benzene rings is 1. The summed E-state index contributed by atoms with van der Waals surface area (Å²) in [5.41, 5.74) is 3.36. The van der Waals surface area contributed by atoms with Crippen LogP contribution in [0.5, 0.6) is 0 Å². The van der Waals surface area contributed by atoms with Crippen molar-refractivity contribution in [3.8, 4) is 0 Å². The molecule has 0 aromatic heterocycles. The number of thioether (sulfide) groups is 1. The van der Waals surface area contributed by atoms with E-state index in [2.05, 4.69) is 25.6 Å². The van der Waals surface area contributed by atoms with Gasteiger partial charge in [0.1, 0.15) is 0 Å². The van der Waals surface area contributed by atoms with Gasteiger partial charge in [-0.25, -0.2) is 0 Å².